The fourth-order valence-electron chi connectivity index (χ4n) is 1.30. The van der Waals surface area contributed by atoms with Gasteiger partial charge in [0.05, 0.1) is 11.6 Å². The van der Waals surface area contributed by atoms with E-state index >= 15 is 0 Å². The maximum atomic E-state index is 10.5. The molecule has 0 saturated heterocycles. The second-order valence-electron chi connectivity index (χ2n) is 2.83. The van der Waals surface area contributed by atoms with Crippen LogP contribution in [-0.2, 0) is 11.3 Å². The molecule has 0 spiro atoms. The quantitative estimate of drug-likeness (QED) is 0.505. The molecule has 2 aromatic heterocycles. The minimum Gasteiger partial charge on any atom is -0.478 e. The molecule has 2 N–H and O–H groups in total. The molecule has 0 amide bonds. The normalized spacial score (nSPS) is 10.6. The Morgan fingerprint density at radius 3 is 3.14 bits per heavy atom. The third-order valence-electron chi connectivity index (χ3n) is 1.84. The second-order valence-corrected chi connectivity index (χ2v) is 2.83. The van der Waals surface area contributed by atoms with Crippen molar-refractivity contribution in [2.75, 3.05) is 0 Å². The summed E-state index contributed by atoms with van der Waals surface area (Å²) in [6, 6.07) is 3.39. The van der Waals surface area contributed by atoms with Crippen molar-refractivity contribution in [3.05, 3.63) is 24.5 Å². The number of nitrogens with zero attached hydrogens (tertiary/aromatic N) is 3. The zero-order valence-electron chi connectivity index (χ0n) is 7.16. The molecule has 0 bridgehead atoms. The molecule has 0 atom stereocenters. The molecule has 0 aliphatic carbocycles. The molecule has 72 valence electrons. The first-order valence-corrected chi connectivity index (χ1v) is 3.96. The SMILES string of the molecule is O=C(O)Cn1ncc2ccc[n+](O)c21. The highest BCUT2D eigenvalue weighted by Crippen LogP contribution is 2.07. The van der Waals surface area contributed by atoms with Crippen LogP contribution in [0.5, 0.6) is 0 Å². The van der Waals surface area contributed by atoms with E-state index in [1.54, 1.807) is 12.1 Å². The van der Waals surface area contributed by atoms with Gasteiger partial charge >= 0.3 is 11.6 Å². The van der Waals surface area contributed by atoms with Gasteiger partial charge in [0.1, 0.15) is 6.20 Å². The third kappa shape index (κ3) is 1.26. The Bertz CT molecular complexity index is 492. The topological polar surface area (TPSA) is 79.2 Å². The Labute approximate surface area is 78.6 Å². The van der Waals surface area contributed by atoms with Crippen LogP contribution in [-0.4, -0.2) is 26.1 Å². The molecule has 6 heteroatoms. The minimum atomic E-state index is -1.00. The van der Waals surface area contributed by atoms with Crippen LogP contribution >= 0.6 is 0 Å². The van der Waals surface area contributed by atoms with Gasteiger partial charge in [0.2, 0.25) is 6.54 Å². The number of rotatable bonds is 2. The van der Waals surface area contributed by atoms with Crippen molar-refractivity contribution in [2.45, 2.75) is 6.54 Å². The zero-order chi connectivity index (χ0) is 10.1. The summed E-state index contributed by atoms with van der Waals surface area (Å²) in [6.07, 6.45) is 2.92. The summed E-state index contributed by atoms with van der Waals surface area (Å²) in [5, 5.41) is 22.5. The molecule has 2 aromatic rings. The summed E-state index contributed by atoms with van der Waals surface area (Å²) >= 11 is 0. The van der Waals surface area contributed by atoms with Crippen LogP contribution in [0.4, 0.5) is 0 Å². The minimum absolute atomic E-state index is 0.270. The van der Waals surface area contributed by atoms with Crippen LogP contribution in [0, 0.1) is 0 Å². The fraction of sp³-hybridized carbons (Fsp3) is 0.125. The first-order chi connectivity index (χ1) is 6.68. The van der Waals surface area contributed by atoms with Gasteiger partial charge in [-0.25, -0.2) is 4.79 Å². The van der Waals surface area contributed by atoms with Crippen LogP contribution in [0.15, 0.2) is 24.5 Å². The van der Waals surface area contributed by atoms with Crippen LogP contribution in [0.1, 0.15) is 0 Å². The smallest absolute Gasteiger partial charge is 0.350 e. The molecule has 0 fully saturated rings. The lowest BCUT2D eigenvalue weighted by Crippen LogP contribution is -2.33. The van der Waals surface area contributed by atoms with E-state index in [9.17, 15) is 10.0 Å². The summed E-state index contributed by atoms with van der Waals surface area (Å²) in [5.74, 6) is -1.00. The van der Waals surface area contributed by atoms with E-state index in [0.29, 0.717) is 11.0 Å². The van der Waals surface area contributed by atoms with E-state index in [4.69, 9.17) is 5.11 Å². The third-order valence-corrected chi connectivity index (χ3v) is 1.84. The second kappa shape index (κ2) is 2.99. The van der Waals surface area contributed by atoms with E-state index in [1.807, 2.05) is 0 Å². The molecule has 0 aliphatic heterocycles. The Kier molecular flexibility index (Phi) is 1.81. The van der Waals surface area contributed by atoms with Crippen molar-refractivity contribution in [2.24, 2.45) is 0 Å². The number of aromatic nitrogens is 3. The molecule has 0 aromatic carbocycles. The average molecular weight is 194 g/mol. The summed E-state index contributed by atoms with van der Waals surface area (Å²) in [6.45, 7) is -0.270. The number of hydrogen-bond acceptors (Lipinski definition) is 3. The van der Waals surface area contributed by atoms with Crippen LogP contribution in [0.25, 0.3) is 11.0 Å². The van der Waals surface area contributed by atoms with E-state index < -0.39 is 5.97 Å². The van der Waals surface area contributed by atoms with Crippen LogP contribution in [0.3, 0.4) is 0 Å². The van der Waals surface area contributed by atoms with Crippen molar-refractivity contribution < 1.29 is 19.8 Å². The van der Waals surface area contributed by atoms with Gasteiger partial charge in [-0.2, -0.15) is 0 Å². The lowest BCUT2D eigenvalue weighted by atomic mass is 10.4. The first-order valence-electron chi connectivity index (χ1n) is 3.96. The van der Waals surface area contributed by atoms with Crippen LogP contribution in [0.2, 0.25) is 0 Å². The van der Waals surface area contributed by atoms with Crippen molar-refractivity contribution in [1.82, 2.24) is 9.78 Å². The van der Waals surface area contributed by atoms with Gasteiger partial charge in [-0.05, 0) is 16.9 Å². The average Bonchev–Trinajstić information content (AvgIpc) is 2.49. The highest BCUT2D eigenvalue weighted by Gasteiger charge is 2.17. The van der Waals surface area contributed by atoms with Crippen molar-refractivity contribution in [3.8, 4) is 0 Å². The van der Waals surface area contributed by atoms with Crippen molar-refractivity contribution in [1.29, 1.82) is 0 Å². The number of hydrogen-bond donors (Lipinski definition) is 2. The molecule has 0 radical (unpaired) electrons. The van der Waals surface area contributed by atoms with Gasteiger partial charge in [-0.15, -0.1) is 4.68 Å². The Morgan fingerprint density at radius 1 is 1.64 bits per heavy atom. The summed E-state index contributed by atoms with van der Waals surface area (Å²) in [5.41, 5.74) is 0.370. The van der Waals surface area contributed by atoms with Crippen molar-refractivity contribution >= 4 is 17.0 Å². The molecule has 2 rings (SSSR count). The molecular weight excluding hydrogens is 186 g/mol. The maximum Gasteiger partial charge on any atom is 0.350 e. The Hall–Kier alpha value is -2.11. The van der Waals surface area contributed by atoms with Gasteiger partial charge in [-0.3, -0.25) is 0 Å². The van der Waals surface area contributed by atoms with Gasteiger partial charge in [0.15, 0.2) is 0 Å². The number of carboxylic acid groups (broad SMARTS) is 1. The highest BCUT2D eigenvalue weighted by atomic mass is 16.5. The number of pyridine rings is 1. The van der Waals surface area contributed by atoms with Crippen molar-refractivity contribution in [3.63, 3.8) is 0 Å². The number of aliphatic carboxylic acids is 1. The molecule has 0 aliphatic rings. The largest absolute Gasteiger partial charge is 0.478 e. The predicted molar refractivity (Wildman–Crippen MR) is 44.7 cm³/mol. The standard InChI is InChI=1S/C8H7N3O3/c12-7(13)5-10-8-6(4-9-10)2-1-3-11(8)14/h1-4H,5H2,(H-,12,13,14)/p+1. The van der Waals surface area contributed by atoms with Gasteiger partial charge in [-0.1, -0.05) is 5.10 Å². The monoisotopic (exact) mass is 194 g/mol. The number of carbonyl (C=O) groups is 1. The van der Waals surface area contributed by atoms with Gasteiger partial charge < -0.3 is 10.3 Å². The zero-order valence-corrected chi connectivity index (χ0v) is 7.16. The van der Waals surface area contributed by atoms with E-state index in [-0.39, 0.29) is 6.54 Å². The fourth-order valence-corrected chi connectivity index (χ4v) is 1.30. The van der Waals surface area contributed by atoms with Crippen LogP contribution < -0.4 is 4.73 Å². The number of carboxylic acids is 1. The predicted octanol–water partition coefficient (Wildman–Crippen LogP) is -0.354. The summed E-state index contributed by atoms with van der Waals surface area (Å²) < 4.78 is 2.07. The van der Waals surface area contributed by atoms with Gasteiger partial charge in [0, 0.05) is 0 Å². The lowest BCUT2D eigenvalue weighted by molar-refractivity contribution is -0.886. The van der Waals surface area contributed by atoms with E-state index in [2.05, 4.69) is 5.10 Å². The molecule has 6 nitrogen and oxygen atoms in total. The van der Waals surface area contributed by atoms with Gasteiger partial charge in [0.25, 0.3) is 0 Å². The van der Waals surface area contributed by atoms with E-state index in [0.717, 1.165) is 4.73 Å². The molecular formula is C8H8N3O3+. The number of fused-ring (bicyclic) bond motifs is 1. The molecule has 0 unspecified atom stereocenters. The first kappa shape index (κ1) is 8.49. The highest BCUT2D eigenvalue weighted by molar-refractivity contribution is 5.73. The summed E-state index contributed by atoms with van der Waals surface area (Å²) in [4.78, 5) is 10.5. The Morgan fingerprint density at radius 2 is 2.43 bits per heavy atom. The molecule has 2 heterocycles. The Balaban J connectivity index is 2.61. The maximum absolute atomic E-state index is 10.5. The molecule has 0 saturated carbocycles. The van der Waals surface area contributed by atoms with E-state index in [1.165, 1.54) is 17.1 Å². The summed E-state index contributed by atoms with van der Waals surface area (Å²) in [7, 11) is 0. The molecule has 14 heavy (non-hydrogen) atoms. The lowest BCUT2D eigenvalue weighted by Gasteiger charge is -1.92.